The Kier molecular flexibility index (Phi) is 5.62. The lowest BCUT2D eigenvalue weighted by molar-refractivity contribution is 0.0162. The molecule has 28 heavy (non-hydrogen) atoms. The lowest BCUT2D eigenvalue weighted by Crippen LogP contribution is -2.43. The molecule has 1 atom stereocenters. The van der Waals surface area contributed by atoms with Crippen LogP contribution in [0.5, 0.6) is 0 Å². The fourth-order valence-corrected chi connectivity index (χ4v) is 3.90. The summed E-state index contributed by atoms with van der Waals surface area (Å²) in [5.41, 5.74) is 2.28. The summed E-state index contributed by atoms with van der Waals surface area (Å²) in [5.74, 6) is -0.506. The highest BCUT2D eigenvalue weighted by Crippen LogP contribution is 2.27. The first-order valence-corrected chi connectivity index (χ1v) is 9.62. The monoisotopic (exact) mass is 401 g/mol. The third kappa shape index (κ3) is 3.90. The number of benzene rings is 2. The van der Waals surface area contributed by atoms with Crippen molar-refractivity contribution in [2.24, 2.45) is 0 Å². The zero-order chi connectivity index (χ0) is 19.5. The number of halogens is 2. The first-order valence-electron chi connectivity index (χ1n) is 9.24. The fraction of sp³-hybridized carbons (Fsp3) is 0.286. The molecular formula is C21H21ClFN3O2. The van der Waals surface area contributed by atoms with Crippen LogP contribution in [0.15, 0.2) is 48.7 Å². The molecule has 3 aromatic rings. The molecule has 1 unspecified atom stereocenters. The molecule has 7 heteroatoms. The number of aromatic amines is 1. The lowest BCUT2D eigenvalue weighted by atomic mass is 10.0. The summed E-state index contributed by atoms with van der Waals surface area (Å²) in [4.78, 5) is 18.1. The number of fused-ring (bicyclic) bond motifs is 1. The van der Waals surface area contributed by atoms with Crippen molar-refractivity contribution in [2.45, 2.75) is 6.04 Å². The summed E-state index contributed by atoms with van der Waals surface area (Å²) in [5, 5.41) is 4.25. The maximum Gasteiger partial charge on any atom is 0.252 e. The van der Waals surface area contributed by atoms with Crippen LogP contribution in [-0.4, -0.2) is 48.6 Å². The van der Waals surface area contributed by atoms with Crippen LogP contribution >= 0.6 is 11.6 Å². The number of hydrogen-bond donors (Lipinski definition) is 2. The largest absolute Gasteiger partial charge is 0.379 e. The van der Waals surface area contributed by atoms with Crippen LogP contribution in [0.1, 0.15) is 22.0 Å². The van der Waals surface area contributed by atoms with Crippen LogP contribution in [0.25, 0.3) is 10.9 Å². The van der Waals surface area contributed by atoms with Gasteiger partial charge in [-0.15, -0.1) is 0 Å². The Balaban J connectivity index is 1.53. The van der Waals surface area contributed by atoms with E-state index in [0.29, 0.717) is 30.3 Å². The number of hydrogen-bond acceptors (Lipinski definition) is 3. The highest BCUT2D eigenvalue weighted by Gasteiger charge is 2.24. The molecule has 1 fully saturated rings. The van der Waals surface area contributed by atoms with Crippen LogP contribution in [0.4, 0.5) is 4.39 Å². The summed E-state index contributed by atoms with van der Waals surface area (Å²) < 4.78 is 18.8. The summed E-state index contributed by atoms with van der Waals surface area (Å²) in [7, 11) is 0. The van der Waals surface area contributed by atoms with Gasteiger partial charge in [0.1, 0.15) is 5.82 Å². The molecule has 1 saturated heterocycles. The molecule has 0 aliphatic carbocycles. The molecule has 5 nitrogen and oxygen atoms in total. The quantitative estimate of drug-likeness (QED) is 0.684. The second-order valence-electron chi connectivity index (χ2n) is 6.79. The Hall–Kier alpha value is -2.41. The normalized spacial score (nSPS) is 16.2. The summed E-state index contributed by atoms with van der Waals surface area (Å²) in [6.07, 6.45) is 1.79. The minimum Gasteiger partial charge on any atom is -0.379 e. The van der Waals surface area contributed by atoms with E-state index < -0.39 is 0 Å². The minimum atomic E-state index is -0.278. The highest BCUT2D eigenvalue weighted by atomic mass is 35.5. The van der Waals surface area contributed by atoms with Gasteiger partial charge in [0, 0.05) is 36.7 Å². The van der Waals surface area contributed by atoms with Gasteiger partial charge in [-0.2, -0.15) is 0 Å². The number of rotatable bonds is 5. The van der Waals surface area contributed by atoms with E-state index in [-0.39, 0.29) is 17.8 Å². The molecule has 0 bridgehead atoms. The Morgan fingerprint density at radius 1 is 1.18 bits per heavy atom. The first-order chi connectivity index (χ1) is 13.6. The van der Waals surface area contributed by atoms with Gasteiger partial charge < -0.3 is 15.0 Å². The van der Waals surface area contributed by atoms with Gasteiger partial charge in [0.05, 0.1) is 29.8 Å². The van der Waals surface area contributed by atoms with Gasteiger partial charge in [-0.25, -0.2) is 4.39 Å². The Morgan fingerprint density at radius 2 is 1.93 bits per heavy atom. The fourth-order valence-electron chi connectivity index (χ4n) is 3.59. The SMILES string of the molecule is O=C(NCC(c1ccc(F)cc1)N1CCOCC1)c1ccc2[nH]ccc2c1Cl. The van der Waals surface area contributed by atoms with E-state index in [9.17, 15) is 9.18 Å². The maximum atomic E-state index is 13.4. The van der Waals surface area contributed by atoms with E-state index in [1.54, 1.807) is 24.4 Å². The number of carbonyl (C=O) groups excluding carboxylic acids is 1. The molecule has 0 saturated carbocycles. The van der Waals surface area contributed by atoms with E-state index in [1.807, 2.05) is 12.1 Å². The van der Waals surface area contributed by atoms with E-state index in [0.717, 1.165) is 29.6 Å². The third-order valence-electron chi connectivity index (χ3n) is 5.11. The predicted octanol–water partition coefficient (Wildman–Crippen LogP) is 3.76. The van der Waals surface area contributed by atoms with Crippen LogP contribution in [0, 0.1) is 5.82 Å². The first kappa shape index (κ1) is 18.9. The van der Waals surface area contributed by atoms with Crippen molar-refractivity contribution in [1.29, 1.82) is 0 Å². The van der Waals surface area contributed by atoms with Crippen LogP contribution in [0.2, 0.25) is 5.02 Å². The zero-order valence-electron chi connectivity index (χ0n) is 15.3. The van der Waals surface area contributed by atoms with Crippen LogP contribution < -0.4 is 5.32 Å². The number of nitrogens with zero attached hydrogens (tertiary/aromatic N) is 1. The molecular weight excluding hydrogens is 381 g/mol. The Labute approximate surface area is 167 Å². The van der Waals surface area contributed by atoms with Gasteiger partial charge in [-0.1, -0.05) is 23.7 Å². The molecule has 0 spiro atoms. The van der Waals surface area contributed by atoms with Crippen molar-refractivity contribution in [3.8, 4) is 0 Å². The van der Waals surface area contributed by atoms with Gasteiger partial charge in [0.2, 0.25) is 0 Å². The molecule has 1 aliphatic heterocycles. The lowest BCUT2D eigenvalue weighted by Gasteiger charge is -2.35. The molecule has 1 amide bonds. The van der Waals surface area contributed by atoms with Crippen LogP contribution in [0.3, 0.4) is 0 Å². The van der Waals surface area contributed by atoms with E-state index in [1.165, 1.54) is 12.1 Å². The Morgan fingerprint density at radius 3 is 2.68 bits per heavy atom. The second kappa shape index (κ2) is 8.31. The van der Waals surface area contributed by atoms with Gasteiger partial charge in [-0.3, -0.25) is 9.69 Å². The molecule has 1 aromatic heterocycles. The maximum absolute atomic E-state index is 13.4. The van der Waals surface area contributed by atoms with Crippen molar-refractivity contribution < 1.29 is 13.9 Å². The van der Waals surface area contributed by atoms with Crippen molar-refractivity contribution in [1.82, 2.24) is 15.2 Å². The number of H-pyrrole nitrogens is 1. The third-order valence-corrected chi connectivity index (χ3v) is 5.52. The van der Waals surface area contributed by atoms with Gasteiger partial charge in [0.15, 0.2) is 0 Å². The second-order valence-corrected chi connectivity index (χ2v) is 7.17. The number of morpholine rings is 1. The number of nitrogens with one attached hydrogen (secondary N) is 2. The summed E-state index contributed by atoms with van der Waals surface area (Å²) in [6.45, 7) is 3.19. The number of ether oxygens (including phenoxy) is 1. The topological polar surface area (TPSA) is 57.4 Å². The van der Waals surface area contributed by atoms with Gasteiger partial charge in [0.25, 0.3) is 5.91 Å². The average Bonchev–Trinajstić information content (AvgIpc) is 3.20. The molecule has 2 aromatic carbocycles. The van der Waals surface area contributed by atoms with Gasteiger partial charge in [-0.05, 0) is 35.9 Å². The van der Waals surface area contributed by atoms with Gasteiger partial charge >= 0.3 is 0 Å². The average molecular weight is 402 g/mol. The number of carbonyl (C=O) groups is 1. The van der Waals surface area contributed by atoms with Crippen molar-refractivity contribution in [3.63, 3.8) is 0 Å². The molecule has 2 heterocycles. The number of amides is 1. The highest BCUT2D eigenvalue weighted by molar-refractivity contribution is 6.38. The van der Waals surface area contributed by atoms with Crippen LogP contribution in [-0.2, 0) is 4.74 Å². The smallest absolute Gasteiger partial charge is 0.252 e. The molecule has 2 N–H and O–H groups in total. The summed E-state index contributed by atoms with van der Waals surface area (Å²) >= 11 is 6.43. The Bertz CT molecular complexity index is 967. The molecule has 1 aliphatic rings. The zero-order valence-corrected chi connectivity index (χ0v) is 16.0. The number of aromatic nitrogens is 1. The molecule has 4 rings (SSSR count). The predicted molar refractivity (Wildman–Crippen MR) is 107 cm³/mol. The minimum absolute atomic E-state index is 0.0665. The van der Waals surface area contributed by atoms with Crippen molar-refractivity contribution in [3.05, 3.63) is 70.6 Å². The standard InChI is InChI=1S/C21H21ClFN3O2/c22-20-16-7-8-24-18(16)6-5-17(20)21(27)25-13-19(26-9-11-28-12-10-26)14-1-3-15(23)4-2-14/h1-8,19,24H,9-13H2,(H,25,27). The van der Waals surface area contributed by atoms with E-state index >= 15 is 0 Å². The molecule has 0 radical (unpaired) electrons. The summed E-state index contributed by atoms with van der Waals surface area (Å²) in [6, 6.07) is 11.8. The molecule has 146 valence electrons. The van der Waals surface area contributed by atoms with E-state index in [2.05, 4.69) is 15.2 Å². The van der Waals surface area contributed by atoms with Crippen molar-refractivity contribution >= 4 is 28.4 Å². The van der Waals surface area contributed by atoms with E-state index in [4.69, 9.17) is 16.3 Å². The van der Waals surface area contributed by atoms with Crippen molar-refractivity contribution in [2.75, 3.05) is 32.8 Å².